The third kappa shape index (κ3) is 4.14. The van der Waals surface area contributed by atoms with E-state index in [9.17, 15) is 0 Å². The molecule has 0 saturated heterocycles. The quantitative estimate of drug-likeness (QED) is 0.804. The van der Waals surface area contributed by atoms with E-state index in [4.69, 9.17) is 4.74 Å². The van der Waals surface area contributed by atoms with Gasteiger partial charge in [-0.15, -0.1) is 0 Å². The first-order valence-corrected chi connectivity index (χ1v) is 6.59. The molecule has 90 valence electrons. The van der Waals surface area contributed by atoms with Crippen molar-refractivity contribution in [2.75, 3.05) is 6.54 Å². The van der Waals surface area contributed by atoms with Crippen LogP contribution in [0.15, 0.2) is 22.7 Å². The van der Waals surface area contributed by atoms with Gasteiger partial charge >= 0.3 is 0 Å². The Labute approximate surface area is 107 Å². The van der Waals surface area contributed by atoms with E-state index in [-0.39, 0.29) is 6.10 Å². The van der Waals surface area contributed by atoms with Crippen molar-refractivity contribution in [1.29, 1.82) is 0 Å². The maximum Gasteiger partial charge on any atom is 0.125 e. The molecule has 3 heteroatoms. The summed E-state index contributed by atoms with van der Waals surface area (Å²) in [5.74, 6) is 0.966. The molecule has 0 unspecified atom stereocenters. The number of ether oxygens (including phenoxy) is 1. The Morgan fingerprint density at radius 3 is 2.75 bits per heavy atom. The fourth-order valence-corrected chi connectivity index (χ4v) is 1.95. The lowest BCUT2D eigenvalue weighted by Crippen LogP contribution is -2.16. The molecule has 0 spiro atoms. The van der Waals surface area contributed by atoms with Crippen LogP contribution in [0.5, 0.6) is 5.75 Å². The Balaban J connectivity index is 2.77. The second kappa shape index (κ2) is 6.92. The van der Waals surface area contributed by atoms with Crippen LogP contribution in [-0.2, 0) is 6.54 Å². The number of benzene rings is 1. The van der Waals surface area contributed by atoms with Crippen LogP contribution in [0.2, 0.25) is 0 Å². The van der Waals surface area contributed by atoms with Crippen LogP contribution in [0, 0.1) is 0 Å². The fraction of sp³-hybridized carbons (Fsp3) is 0.538. The Morgan fingerprint density at radius 2 is 2.12 bits per heavy atom. The number of hydrogen-bond donors (Lipinski definition) is 1. The summed E-state index contributed by atoms with van der Waals surface area (Å²) in [6, 6.07) is 6.08. The number of hydrogen-bond acceptors (Lipinski definition) is 2. The zero-order valence-electron chi connectivity index (χ0n) is 10.2. The fourth-order valence-electron chi connectivity index (χ4n) is 1.46. The molecule has 0 aliphatic carbocycles. The van der Waals surface area contributed by atoms with Gasteiger partial charge in [-0.3, -0.25) is 0 Å². The van der Waals surface area contributed by atoms with Crippen molar-refractivity contribution in [2.45, 2.75) is 39.8 Å². The molecule has 2 nitrogen and oxygen atoms in total. The highest BCUT2D eigenvalue weighted by Gasteiger charge is 2.08. The number of nitrogens with one attached hydrogen (secondary N) is 1. The van der Waals surface area contributed by atoms with Gasteiger partial charge in [-0.2, -0.15) is 0 Å². The molecule has 0 saturated carbocycles. The van der Waals surface area contributed by atoms with E-state index in [0.717, 1.165) is 29.7 Å². The lowest BCUT2D eigenvalue weighted by Gasteiger charge is -2.15. The van der Waals surface area contributed by atoms with Crippen LogP contribution < -0.4 is 10.1 Å². The molecule has 0 atom stereocenters. The molecule has 0 radical (unpaired) electrons. The summed E-state index contributed by atoms with van der Waals surface area (Å²) in [5.41, 5.74) is 1.20. The van der Waals surface area contributed by atoms with Crippen molar-refractivity contribution >= 4 is 15.9 Å². The zero-order chi connectivity index (χ0) is 12.0. The van der Waals surface area contributed by atoms with E-state index in [1.165, 1.54) is 5.56 Å². The van der Waals surface area contributed by atoms with Crippen LogP contribution in [0.4, 0.5) is 0 Å². The van der Waals surface area contributed by atoms with Gasteiger partial charge in [0, 0.05) is 16.6 Å². The first-order chi connectivity index (χ1) is 7.65. The highest BCUT2D eigenvalue weighted by Crippen LogP contribution is 2.27. The van der Waals surface area contributed by atoms with E-state index in [0.29, 0.717) is 0 Å². The van der Waals surface area contributed by atoms with Crippen molar-refractivity contribution in [2.24, 2.45) is 0 Å². The van der Waals surface area contributed by atoms with Crippen LogP contribution >= 0.6 is 15.9 Å². The minimum absolute atomic E-state index is 0.208. The summed E-state index contributed by atoms with van der Waals surface area (Å²) < 4.78 is 6.89. The molecule has 16 heavy (non-hydrogen) atoms. The van der Waals surface area contributed by atoms with E-state index >= 15 is 0 Å². The molecule has 0 aliphatic rings. The summed E-state index contributed by atoms with van der Waals surface area (Å²) in [7, 11) is 0. The van der Waals surface area contributed by atoms with Gasteiger partial charge in [0.05, 0.1) is 6.10 Å². The normalized spacial score (nSPS) is 10.8. The molecule has 0 aliphatic heterocycles. The summed E-state index contributed by atoms with van der Waals surface area (Å²) in [4.78, 5) is 0. The zero-order valence-corrected chi connectivity index (χ0v) is 11.8. The first-order valence-electron chi connectivity index (χ1n) is 5.80. The lowest BCUT2D eigenvalue weighted by atomic mass is 10.2. The van der Waals surface area contributed by atoms with Crippen molar-refractivity contribution in [3.05, 3.63) is 28.2 Å². The average molecular weight is 286 g/mol. The van der Waals surface area contributed by atoms with Gasteiger partial charge in [-0.05, 0) is 38.9 Å². The van der Waals surface area contributed by atoms with E-state index in [1.54, 1.807) is 0 Å². The summed E-state index contributed by atoms with van der Waals surface area (Å²) in [6.45, 7) is 8.13. The molecule has 1 rings (SSSR count). The van der Waals surface area contributed by atoms with E-state index in [2.05, 4.69) is 34.2 Å². The third-order valence-corrected chi connectivity index (χ3v) is 2.91. The van der Waals surface area contributed by atoms with Crippen LogP contribution in [-0.4, -0.2) is 12.6 Å². The van der Waals surface area contributed by atoms with Crippen LogP contribution in [0.3, 0.4) is 0 Å². The predicted molar refractivity (Wildman–Crippen MR) is 71.9 cm³/mol. The Kier molecular flexibility index (Phi) is 5.85. The van der Waals surface area contributed by atoms with Gasteiger partial charge < -0.3 is 10.1 Å². The smallest absolute Gasteiger partial charge is 0.125 e. The van der Waals surface area contributed by atoms with Crippen molar-refractivity contribution in [3.63, 3.8) is 0 Å². The minimum atomic E-state index is 0.208. The topological polar surface area (TPSA) is 21.3 Å². The second-order valence-corrected chi connectivity index (χ2v) is 4.91. The van der Waals surface area contributed by atoms with Crippen molar-refractivity contribution < 1.29 is 4.74 Å². The van der Waals surface area contributed by atoms with Crippen LogP contribution in [0.25, 0.3) is 0 Å². The summed E-state index contributed by atoms with van der Waals surface area (Å²) >= 11 is 3.57. The minimum Gasteiger partial charge on any atom is -0.491 e. The van der Waals surface area contributed by atoms with Gasteiger partial charge in [-0.1, -0.05) is 28.9 Å². The maximum atomic E-state index is 5.79. The summed E-state index contributed by atoms with van der Waals surface area (Å²) in [6.07, 6.45) is 1.35. The van der Waals surface area contributed by atoms with Crippen LogP contribution in [0.1, 0.15) is 32.8 Å². The third-order valence-electron chi connectivity index (χ3n) is 2.17. The molecular weight excluding hydrogens is 266 g/mol. The molecule has 0 amide bonds. The van der Waals surface area contributed by atoms with Crippen molar-refractivity contribution in [1.82, 2.24) is 5.32 Å². The SMILES string of the molecule is CCCNCc1c(Br)cccc1OC(C)C. The monoisotopic (exact) mass is 285 g/mol. The molecule has 0 bridgehead atoms. The van der Waals surface area contributed by atoms with Gasteiger partial charge in [-0.25, -0.2) is 0 Å². The van der Waals surface area contributed by atoms with Gasteiger partial charge in [0.15, 0.2) is 0 Å². The van der Waals surface area contributed by atoms with Gasteiger partial charge in [0.25, 0.3) is 0 Å². The molecular formula is C13H20BrNO. The van der Waals surface area contributed by atoms with E-state index < -0.39 is 0 Å². The predicted octanol–water partition coefficient (Wildman–Crippen LogP) is 3.74. The lowest BCUT2D eigenvalue weighted by molar-refractivity contribution is 0.239. The molecule has 0 aromatic heterocycles. The molecule has 0 heterocycles. The van der Waals surface area contributed by atoms with Gasteiger partial charge in [0.2, 0.25) is 0 Å². The Morgan fingerprint density at radius 1 is 1.38 bits per heavy atom. The molecule has 1 aromatic carbocycles. The molecule has 0 fully saturated rings. The molecule has 1 aromatic rings. The number of halogens is 1. The standard InChI is InChI=1S/C13H20BrNO/c1-4-8-15-9-11-12(14)6-5-7-13(11)16-10(2)3/h5-7,10,15H,4,8-9H2,1-3H3. The Bertz CT molecular complexity index is 326. The summed E-state index contributed by atoms with van der Waals surface area (Å²) in [5, 5.41) is 3.40. The average Bonchev–Trinajstić information content (AvgIpc) is 2.21. The highest BCUT2D eigenvalue weighted by atomic mass is 79.9. The maximum absolute atomic E-state index is 5.79. The first kappa shape index (κ1) is 13.5. The van der Waals surface area contributed by atoms with E-state index in [1.807, 2.05) is 26.0 Å². The van der Waals surface area contributed by atoms with Gasteiger partial charge in [0.1, 0.15) is 5.75 Å². The number of rotatable bonds is 6. The largest absolute Gasteiger partial charge is 0.491 e. The molecule has 1 N–H and O–H groups in total. The van der Waals surface area contributed by atoms with Crippen molar-refractivity contribution in [3.8, 4) is 5.75 Å². The second-order valence-electron chi connectivity index (χ2n) is 4.06. The highest BCUT2D eigenvalue weighted by molar-refractivity contribution is 9.10. The Hall–Kier alpha value is -0.540.